The molecule has 0 atom stereocenters. The number of hydrogen-bond donors (Lipinski definition) is 1. The van der Waals surface area contributed by atoms with Crippen LogP contribution in [-0.4, -0.2) is 32.3 Å². The first-order valence-electron chi connectivity index (χ1n) is 6.82. The molecule has 0 spiro atoms. The molecule has 1 aliphatic heterocycles. The Kier molecular flexibility index (Phi) is 4.45. The van der Waals surface area contributed by atoms with E-state index in [2.05, 4.69) is 0 Å². The predicted octanol–water partition coefficient (Wildman–Crippen LogP) is 1.66. The lowest BCUT2D eigenvalue weighted by atomic mass is 10.1. The van der Waals surface area contributed by atoms with Gasteiger partial charge in [0.25, 0.3) is 5.91 Å². The second-order valence-corrected chi connectivity index (χ2v) is 6.76. The van der Waals surface area contributed by atoms with Crippen molar-refractivity contribution in [3.8, 4) is 0 Å². The standard InChI is InChI=1S/C14H20N2O3S/c1-11-6-7-12(10-13(11)20(15,18)19)14(17)16-8-4-2-3-5-9-16/h6-7,10H,2-5,8-9H2,1H3,(H2,15,18,19). The van der Waals surface area contributed by atoms with Crippen molar-refractivity contribution >= 4 is 15.9 Å². The van der Waals surface area contributed by atoms with Crippen molar-refractivity contribution in [3.05, 3.63) is 29.3 Å². The third-order valence-electron chi connectivity index (χ3n) is 3.63. The number of amides is 1. The molecule has 2 rings (SSSR count). The smallest absolute Gasteiger partial charge is 0.253 e. The summed E-state index contributed by atoms with van der Waals surface area (Å²) in [4.78, 5) is 14.3. The van der Waals surface area contributed by atoms with Crippen molar-refractivity contribution in [2.75, 3.05) is 13.1 Å². The average Bonchev–Trinajstić information content (AvgIpc) is 2.66. The number of hydrogen-bond acceptors (Lipinski definition) is 3. The zero-order chi connectivity index (χ0) is 14.8. The second kappa shape index (κ2) is 5.93. The first kappa shape index (κ1) is 15.0. The Labute approximate surface area is 119 Å². The van der Waals surface area contributed by atoms with Crippen molar-refractivity contribution < 1.29 is 13.2 Å². The topological polar surface area (TPSA) is 80.5 Å². The fraction of sp³-hybridized carbons (Fsp3) is 0.500. The molecule has 0 saturated carbocycles. The molecule has 1 saturated heterocycles. The molecule has 110 valence electrons. The highest BCUT2D eigenvalue weighted by molar-refractivity contribution is 7.89. The number of sulfonamides is 1. The van der Waals surface area contributed by atoms with E-state index in [4.69, 9.17) is 5.14 Å². The third-order valence-corrected chi connectivity index (χ3v) is 4.69. The summed E-state index contributed by atoms with van der Waals surface area (Å²) in [5.74, 6) is -0.114. The summed E-state index contributed by atoms with van der Waals surface area (Å²) >= 11 is 0. The minimum absolute atomic E-state index is 0.0261. The molecule has 1 aliphatic rings. The lowest BCUT2D eigenvalue weighted by Gasteiger charge is -2.20. The number of carbonyl (C=O) groups excluding carboxylic acids is 1. The molecule has 1 aromatic carbocycles. The third kappa shape index (κ3) is 3.37. The van der Waals surface area contributed by atoms with Crippen LogP contribution < -0.4 is 5.14 Å². The Morgan fingerprint density at radius 1 is 1.15 bits per heavy atom. The van der Waals surface area contributed by atoms with Crippen LogP contribution in [0.4, 0.5) is 0 Å². The Morgan fingerprint density at radius 2 is 1.75 bits per heavy atom. The van der Waals surface area contributed by atoms with Crippen LogP contribution in [0, 0.1) is 6.92 Å². The van der Waals surface area contributed by atoms with Gasteiger partial charge in [-0.2, -0.15) is 0 Å². The first-order valence-corrected chi connectivity index (χ1v) is 8.37. The highest BCUT2D eigenvalue weighted by Gasteiger charge is 2.20. The summed E-state index contributed by atoms with van der Waals surface area (Å²) < 4.78 is 23.0. The molecule has 2 N–H and O–H groups in total. The monoisotopic (exact) mass is 296 g/mol. The Hall–Kier alpha value is -1.40. The van der Waals surface area contributed by atoms with Gasteiger partial charge in [-0.3, -0.25) is 4.79 Å². The lowest BCUT2D eigenvalue weighted by Crippen LogP contribution is -2.32. The quantitative estimate of drug-likeness (QED) is 0.901. The van der Waals surface area contributed by atoms with E-state index < -0.39 is 10.0 Å². The molecule has 1 heterocycles. The van der Waals surface area contributed by atoms with Crippen molar-refractivity contribution in [2.24, 2.45) is 5.14 Å². The Morgan fingerprint density at radius 3 is 2.30 bits per heavy atom. The van der Waals surface area contributed by atoms with Gasteiger partial charge in [-0.25, -0.2) is 13.6 Å². The number of aryl methyl sites for hydroxylation is 1. The van der Waals surface area contributed by atoms with Crippen LogP contribution in [0.2, 0.25) is 0 Å². The van der Waals surface area contributed by atoms with E-state index >= 15 is 0 Å². The number of nitrogens with zero attached hydrogens (tertiary/aromatic N) is 1. The van der Waals surface area contributed by atoms with E-state index in [-0.39, 0.29) is 10.8 Å². The van der Waals surface area contributed by atoms with Gasteiger partial charge in [0.05, 0.1) is 4.90 Å². The van der Waals surface area contributed by atoms with Crippen LogP contribution in [0.1, 0.15) is 41.6 Å². The number of carbonyl (C=O) groups is 1. The molecule has 1 aromatic rings. The van der Waals surface area contributed by atoms with Gasteiger partial charge >= 0.3 is 0 Å². The van der Waals surface area contributed by atoms with Crippen molar-refractivity contribution in [1.29, 1.82) is 0 Å². The minimum Gasteiger partial charge on any atom is -0.339 e. The number of rotatable bonds is 2. The van der Waals surface area contributed by atoms with E-state index in [9.17, 15) is 13.2 Å². The highest BCUT2D eigenvalue weighted by atomic mass is 32.2. The van der Waals surface area contributed by atoms with Crippen molar-refractivity contribution in [3.63, 3.8) is 0 Å². The largest absolute Gasteiger partial charge is 0.339 e. The van der Waals surface area contributed by atoms with Crippen LogP contribution in [-0.2, 0) is 10.0 Å². The van der Waals surface area contributed by atoms with Gasteiger partial charge in [0, 0.05) is 18.7 Å². The highest BCUT2D eigenvalue weighted by Crippen LogP contribution is 2.18. The van der Waals surface area contributed by atoms with E-state index in [0.717, 1.165) is 38.8 Å². The summed E-state index contributed by atoms with van der Waals surface area (Å²) in [6.45, 7) is 3.13. The van der Waals surface area contributed by atoms with Gasteiger partial charge in [-0.05, 0) is 37.5 Å². The van der Waals surface area contributed by atoms with E-state index in [0.29, 0.717) is 11.1 Å². The van der Waals surface area contributed by atoms with Crippen LogP contribution >= 0.6 is 0 Å². The molecule has 5 nitrogen and oxygen atoms in total. The van der Waals surface area contributed by atoms with E-state index in [1.54, 1.807) is 24.0 Å². The molecular formula is C14H20N2O3S. The minimum atomic E-state index is -3.80. The summed E-state index contributed by atoms with van der Waals surface area (Å²) in [5.41, 5.74) is 0.946. The maximum Gasteiger partial charge on any atom is 0.253 e. The van der Waals surface area contributed by atoms with Gasteiger partial charge in [-0.1, -0.05) is 18.9 Å². The second-order valence-electron chi connectivity index (χ2n) is 5.23. The molecule has 0 radical (unpaired) electrons. The van der Waals surface area contributed by atoms with Crippen molar-refractivity contribution in [2.45, 2.75) is 37.5 Å². The molecule has 0 bridgehead atoms. The van der Waals surface area contributed by atoms with E-state index in [1.807, 2.05) is 0 Å². The SMILES string of the molecule is Cc1ccc(C(=O)N2CCCCCC2)cc1S(N)(=O)=O. The van der Waals surface area contributed by atoms with Crippen LogP contribution in [0.3, 0.4) is 0 Å². The fourth-order valence-corrected chi connectivity index (χ4v) is 3.30. The molecular weight excluding hydrogens is 276 g/mol. The van der Waals surface area contributed by atoms with Gasteiger partial charge in [-0.15, -0.1) is 0 Å². The summed E-state index contributed by atoms with van der Waals surface area (Å²) in [6, 6.07) is 4.68. The van der Waals surface area contributed by atoms with Gasteiger partial charge in [0.1, 0.15) is 0 Å². The molecule has 1 amide bonds. The normalized spacial score (nSPS) is 16.8. The molecule has 0 aromatic heterocycles. The van der Waals surface area contributed by atoms with Gasteiger partial charge in [0.15, 0.2) is 0 Å². The van der Waals surface area contributed by atoms with Crippen LogP contribution in [0.25, 0.3) is 0 Å². The van der Waals surface area contributed by atoms with E-state index in [1.165, 1.54) is 6.07 Å². The molecule has 0 aliphatic carbocycles. The summed E-state index contributed by atoms with van der Waals surface area (Å²) in [5, 5.41) is 5.18. The number of likely N-dealkylation sites (tertiary alicyclic amines) is 1. The van der Waals surface area contributed by atoms with Crippen molar-refractivity contribution in [1.82, 2.24) is 4.90 Å². The molecule has 20 heavy (non-hydrogen) atoms. The lowest BCUT2D eigenvalue weighted by molar-refractivity contribution is 0.0761. The van der Waals surface area contributed by atoms with Gasteiger partial charge in [0.2, 0.25) is 10.0 Å². The summed E-state index contributed by atoms with van der Waals surface area (Å²) in [7, 11) is -3.80. The fourth-order valence-electron chi connectivity index (χ4n) is 2.50. The van der Waals surface area contributed by atoms with Gasteiger partial charge < -0.3 is 4.90 Å². The number of nitrogens with two attached hydrogens (primary N) is 1. The maximum atomic E-state index is 12.4. The predicted molar refractivity (Wildman–Crippen MR) is 76.9 cm³/mol. The molecule has 6 heteroatoms. The molecule has 1 fully saturated rings. The Balaban J connectivity index is 2.30. The number of benzene rings is 1. The number of primary sulfonamides is 1. The average molecular weight is 296 g/mol. The zero-order valence-corrected chi connectivity index (χ0v) is 12.4. The Bertz CT molecular complexity index is 603. The zero-order valence-electron chi connectivity index (χ0n) is 11.6. The first-order chi connectivity index (χ1) is 9.39. The maximum absolute atomic E-state index is 12.4. The van der Waals surface area contributed by atoms with Crippen LogP contribution in [0.5, 0.6) is 0 Å². The van der Waals surface area contributed by atoms with Crippen LogP contribution in [0.15, 0.2) is 23.1 Å². The molecule has 0 unspecified atom stereocenters. The summed E-state index contributed by atoms with van der Waals surface area (Å²) in [6.07, 6.45) is 4.28.